The van der Waals surface area contributed by atoms with Gasteiger partial charge in [-0.15, -0.1) is 11.3 Å². The number of fused-ring (bicyclic) bond motifs is 5. The fourth-order valence-corrected chi connectivity index (χ4v) is 9.66. The van der Waals surface area contributed by atoms with E-state index in [-0.39, 0.29) is 0 Å². The van der Waals surface area contributed by atoms with Gasteiger partial charge in [-0.05, 0) is 87.0 Å². The van der Waals surface area contributed by atoms with Gasteiger partial charge in [0.15, 0.2) is 0 Å². The molecule has 0 saturated heterocycles. The summed E-state index contributed by atoms with van der Waals surface area (Å²) in [5.41, 5.74) is 13.4. The Morgan fingerprint density at radius 1 is 0.353 bits per heavy atom. The van der Waals surface area contributed by atoms with Gasteiger partial charge >= 0.3 is 0 Å². The maximum Gasteiger partial charge on any atom is 0.0602 e. The van der Waals surface area contributed by atoms with Crippen molar-refractivity contribution in [2.75, 3.05) is 4.90 Å². The smallest absolute Gasteiger partial charge is 0.0602 e. The number of hydrogen-bond acceptors (Lipinski definition) is 3. The number of rotatable bonds is 5. The number of anilines is 3. The van der Waals surface area contributed by atoms with Crippen molar-refractivity contribution in [1.82, 2.24) is 0 Å². The van der Waals surface area contributed by atoms with E-state index < -0.39 is 0 Å². The van der Waals surface area contributed by atoms with Gasteiger partial charge in [-0.2, -0.15) is 0 Å². The van der Waals surface area contributed by atoms with E-state index in [4.69, 9.17) is 0 Å². The maximum absolute atomic E-state index is 2.40. The first-order valence-corrected chi connectivity index (χ1v) is 18.9. The van der Waals surface area contributed by atoms with Gasteiger partial charge in [0, 0.05) is 35.7 Å². The molecule has 0 saturated carbocycles. The van der Waals surface area contributed by atoms with Crippen molar-refractivity contribution < 1.29 is 0 Å². The lowest BCUT2D eigenvalue weighted by Crippen LogP contribution is -2.14. The van der Waals surface area contributed by atoms with Crippen molar-refractivity contribution in [1.29, 1.82) is 0 Å². The van der Waals surface area contributed by atoms with Gasteiger partial charge in [0.2, 0.25) is 0 Å². The summed E-state index contributed by atoms with van der Waals surface area (Å²) in [6.45, 7) is 0. The highest BCUT2D eigenvalue weighted by Gasteiger charge is 2.25. The average molecular weight is 686 g/mol. The van der Waals surface area contributed by atoms with Crippen molar-refractivity contribution >= 4 is 60.3 Å². The van der Waals surface area contributed by atoms with E-state index in [1.54, 1.807) is 0 Å². The fraction of sp³-hybridized carbons (Fsp3) is 0. The lowest BCUT2D eigenvalue weighted by Gasteiger charge is -2.33. The van der Waals surface area contributed by atoms with E-state index in [9.17, 15) is 0 Å². The minimum absolute atomic E-state index is 1.15. The Kier molecular flexibility index (Phi) is 7.34. The Morgan fingerprint density at radius 2 is 0.902 bits per heavy atom. The highest BCUT2D eigenvalue weighted by molar-refractivity contribution is 7.99. The molecule has 240 valence electrons. The summed E-state index contributed by atoms with van der Waals surface area (Å²) in [6.07, 6.45) is 0. The Bertz CT molecular complexity index is 2690. The molecule has 0 aliphatic carbocycles. The van der Waals surface area contributed by atoms with Crippen LogP contribution in [0.15, 0.2) is 198 Å². The van der Waals surface area contributed by atoms with Crippen LogP contribution in [0.5, 0.6) is 0 Å². The summed E-state index contributed by atoms with van der Waals surface area (Å²) in [5, 5.41) is 2.67. The largest absolute Gasteiger partial charge is 0.308 e. The van der Waals surface area contributed by atoms with Crippen LogP contribution in [0.25, 0.3) is 64.7 Å². The predicted molar refractivity (Wildman–Crippen MR) is 220 cm³/mol. The monoisotopic (exact) mass is 685 g/mol. The van der Waals surface area contributed by atoms with Crippen LogP contribution in [-0.2, 0) is 0 Å². The zero-order valence-corrected chi connectivity index (χ0v) is 29.3. The molecule has 0 amide bonds. The Hall–Kier alpha value is -5.87. The third kappa shape index (κ3) is 5.34. The summed E-state index contributed by atoms with van der Waals surface area (Å²) < 4.78 is 2.69. The molecule has 3 heteroatoms. The summed E-state index contributed by atoms with van der Waals surface area (Å²) in [7, 11) is 0. The van der Waals surface area contributed by atoms with Gasteiger partial charge in [0.1, 0.15) is 0 Å². The lowest BCUT2D eigenvalue weighted by atomic mass is 9.98. The second kappa shape index (κ2) is 12.5. The summed E-state index contributed by atoms with van der Waals surface area (Å²) in [5.74, 6) is 0. The quantitative estimate of drug-likeness (QED) is 0.177. The van der Waals surface area contributed by atoms with Crippen molar-refractivity contribution in [3.05, 3.63) is 188 Å². The molecule has 1 nitrogen and oxygen atoms in total. The van der Waals surface area contributed by atoms with E-state index >= 15 is 0 Å². The zero-order valence-electron chi connectivity index (χ0n) is 27.7. The van der Waals surface area contributed by atoms with Crippen LogP contribution in [0.2, 0.25) is 0 Å². The molecular formula is C48H31NS2. The zero-order chi connectivity index (χ0) is 33.7. The Balaban J connectivity index is 0.954. The van der Waals surface area contributed by atoms with Crippen molar-refractivity contribution in [3.63, 3.8) is 0 Å². The van der Waals surface area contributed by atoms with Crippen LogP contribution in [0.1, 0.15) is 0 Å². The molecule has 0 atom stereocenters. The summed E-state index contributed by atoms with van der Waals surface area (Å²) >= 11 is 3.73. The van der Waals surface area contributed by atoms with Crippen LogP contribution in [-0.4, -0.2) is 0 Å². The summed E-state index contributed by atoms with van der Waals surface area (Å²) in [4.78, 5) is 4.92. The molecule has 0 radical (unpaired) electrons. The number of benzene rings is 8. The van der Waals surface area contributed by atoms with E-state index in [2.05, 4.69) is 193 Å². The fourth-order valence-electron chi connectivity index (χ4n) is 7.32. The SMILES string of the molecule is c1ccc(-c2ccc(-c3ccc4c(c3)Sc3ccccc3N4c3ccc(-c4ccc(-c5cccc6c5sc5ccccc56)cc4)cc3)cc2)cc1. The number of hydrogen-bond donors (Lipinski definition) is 0. The maximum atomic E-state index is 2.40. The first-order valence-electron chi connectivity index (χ1n) is 17.2. The molecule has 8 aromatic carbocycles. The normalized spacial score (nSPS) is 12.2. The number of nitrogens with zero attached hydrogens (tertiary/aromatic N) is 1. The van der Waals surface area contributed by atoms with Crippen molar-refractivity contribution in [3.8, 4) is 44.5 Å². The highest BCUT2D eigenvalue weighted by atomic mass is 32.2. The molecule has 2 heterocycles. The predicted octanol–water partition coefficient (Wildman–Crippen LogP) is 14.7. The highest BCUT2D eigenvalue weighted by Crippen LogP contribution is 2.52. The van der Waals surface area contributed by atoms with Crippen LogP contribution in [0.4, 0.5) is 17.1 Å². The Labute approximate surface area is 306 Å². The van der Waals surface area contributed by atoms with Crippen LogP contribution >= 0.6 is 23.1 Å². The second-order valence-corrected chi connectivity index (χ2v) is 15.1. The summed E-state index contributed by atoms with van der Waals surface area (Å²) in [6, 6.07) is 68.5. The minimum Gasteiger partial charge on any atom is -0.308 e. The molecule has 0 spiro atoms. The van der Waals surface area contributed by atoms with E-state index in [1.807, 2.05) is 23.1 Å². The van der Waals surface area contributed by atoms with E-state index in [1.165, 1.54) is 85.8 Å². The molecule has 1 aromatic heterocycles. The van der Waals surface area contributed by atoms with Gasteiger partial charge in [-0.3, -0.25) is 0 Å². The van der Waals surface area contributed by atoms with Crippen molar-refractivity contribution in [2.24, 2.45) is 0 Å². The third-order valence-electron chi connectivity index (χ3n) is 9.91. The molecule has 1 aliphatic rings. The third-order valence-corrected chi connectivity index (χ3v) is 12.2. The van der Waals surface area contributed by atoms with Gasteiger partial charge in [0.25, 0.3) is 0 Å². The van der Waals surface area contributed by atoms with Gasteiger partial charge in [-0.25, -0.2) is 0 Å². The van der Waals surface area contributed by atoms with E-state index in [0.717, 1.165) is 5.69 Å². The van der Waals surface area contributed by atoms with Gasteiger partial charge < -0.3 is 4.90 Å². The molecule has 0 bridgehead atoms. The lowest BCUT2D eigenvalue weighted by molar-refractivity contribution is 1.17. The number of para-hydroxylation sites is 1. The molecule has 1 aliphatic heterocycles. The average Bonchev–Trinajstić information content (AvgIpc) is 3.59. The van der Waals surface area contributed by atoms with Crippen molar-refractivity contribution in [2.45, 2.75) is 9.79 Å². The van der Waals surface area contributed by atoms with Gasteiger partial charge in [0.05, 0.1) is 11.4 Å². The molecule has 0 unspecified atom stereocenters. The first kappa shape index (κ1) is 30.0. The van der Waals surface area contributed by atoms with Crippen LogP contribution in [0, 0.1) is 0 Å². The molecule has 10 rings (SSSR count). The number of thiophene rings is 1. The standard InChI is InChI=1S/C48H31NS2/c1-2-9-32(10-3-1)33-17-19-36(20-18-33)38-27-30-44-47(31-38)50-46-16-7-5-14-43(46)49(44)39-28-25-35(26-29-39)34-21-23-37(24-22-34)40-12-8-13-42-41-11-4-6-15-45(41)51-48(40)42/h1-31H. The molecule has 0 fully saturated rings. The second-order valence-electron chi connectivity index (χ2n) is 12.9. The molecule has 9 aromatic rings. The molecular weight excluding hydrogens is 655 g/mol. The van der Waals surface area contributed by atoms with Gasteiger partial charge in [-0.1, -0.05) is 157 Å². The topological polar surface area (TPSA) is 3.24 Å². The first-order chi connectivity index (χ1) is 25.3. The van der Waals surface area contributed by atoms with Crippen LogP contribution in [0.3, 0.4) is 0 Å². The van der Waals surface area contributed by atoms with E-state index in [0.29, 0.717) is 0 Å². The molecule has 51 heavy (non-hydrogen) atoms. The van der Waals surface area contributed by atoms with Crippen LogP contribution < -0.4 is 4.90 Å². The minimum atomic E-state index is 1.15. The Morgan fingerprint density at radius 3 is 1.67 bits per heavy atom. The molecule has 0 N–H and O–H groups in total.